The highest BCUT2D eigenvalue weighted by atomic mass is 32.1. The summed E-state index contributed by atoms with van der Waals surface area (Å²) in [5.74, 6) is -1.32. The molecule has 0 bridgehead atoms. The van der Waals surface area contributed by atoms with Crippen molar-refractivity contribution in [1.29, 1.82) is 0 Å². The Hall–Kier alpha value is -4.10. The van der Waals surface area contributed by atoms with Crippen LogP contribution >= 0.6 is 11.3 Å². The molecule has 0 fully saturated rings. The van der Waals surface area contributed by atoms with Gasteiger partial charge in [-0.2, -0.15) is 0 Å². The van der Waals surface area contributed by atoms with E-state index < -0.39 is 5.97 Å². The van der Waals surface area contributed by atoms with Crippen molar-refractivity contribution >= 4 is 29.1 Å². The standard InChI is InChI=1S/C28H19FN2O3S/c29-20-12-9-18(10-13-20)25-22-14-11-17-3-1-2-4-21(17)24(22)30-28-31(25)26(32)23(35-28)15-16-5-7-19(8-6-16)27(33)34/h1-10,12-13,15,25H,11,14H2,(H,33,34). The van der Waals surface area contributed by atoms with E-state index in [1.54, 1.807) is 34.9 Å². The van der Waals surface area contributed by atoms with Gasteiger partial charge in [0, 0.05) is 5.56 Å². The highest BCUT2D eigenvalue weighted by Crippen LogP contribution is 2.41. The monoisotopic (exact) mass is 482 g/mol. The van der Waals surface area contributed by atoms with Crippen molar-refractivity contribution in [1.82, 2.24) is 4.57 Å². The molecule has 2 heterocycles. The molecule has 6 rings (SSSR count). The van der Waals surface area contributed by atoms with Crippen LogP contribution in [0, 0.1) is 5.82 Å². The minimum absolute atomic E-state index is 0.171. The average molecular weight is 483 g/mol. The topological polar surface area (TPSA) is 71.7 Å². The van der Waals surface area contributed by atoms with Gasteiger partial charge >= 0.3 is 5.97 Å². The summed E-state index contributed by atoms with van der Waals surface area (Å²) in [4.78, 5) is 30.4. The van der Waals surface area contributed by atoms with Crippen LogP contribution < -0.4 is 14.9 Å². The number of halogens is 1. The largest absolute Gasteiger partial charge is 0.478 e. The lowest BCUT2D eigenvalue weighted by atomic mass is 9.83. The molecule has 1 aliphatic heterocycles. The molecule has 35 heavy (non-hydrogen) atoms. The fourth-order valence-electron chi connectivity index (χ4n) is 4.84. The molecule has 1 atom stereocenters. The Morgan fingerprint density at radius 3 is 2.51 bits per heavy atom. The summed E-state index contributed by atoms with van der Waals surface area (Å²) in [5, 5.41) is 9.14. The van der Waals surface area contributed by atoms with Gasteiger partial charge in [0.2, 0.25) is 0 Å². The van der Waals surface area contributed by atoms with Gasteiger partial charge in [0.15, 0.2) is 4.80 Å². The molecule has 1 N–H and O–H groups in total. The number of benzene rings is 3. The van der Waals surface area contributed by atoms with Gasteiger partial charge in [-0.1, -0.05) is 59.9 Å². The number of hydrogen-bond acceptors (Lipinski definition) is 4. The Morgan fingerprint density at radius 2 is 1.77 bits per heavy atom. The number of carbonyl (C=O) groups is 1. The summed E-state index contributed by atoms with van der Waals surface area (Å²) < 4.78 is 16.0. The van der Waals surface area contributed by atoms with Crippen molar-refractivity contribution in [2.45, 2.75) is 18.9 Å². The lowest BCUT2D eigenvalue weighted by Crippen LogP contribution is -2.38. The van der Waals surface area contributed by atoms with Crippen LogP contribution in [0.15, 0.2) is 88.2 Å². The number of allylic oxidation sites excluding steroid dienone is 1. The van der Waals surface area contributed by atoms with Crippen molar-refractivity contribution < 1.29 is 14.3 Å². The fourth-order valence-corrected chi connectivity index (χ4v) is 5.84. The van der Waals surface area contributed by atoms with E-state index >= 15 is 0 Å². The minimum Gasteiger partial charge on any atom is -0.478 e. The van der Waals surface area contributed by atoms with Gasteiger partial charge in [-0.25, -0.2) is 14.2 Å². The Bertz CT molecular complexity index is 1700. The quantitative estimate of drug-likeness (QED) is 0.477. The molecule has 3 aromatic carbocycles. The predicted molar refractivity (Wildman–Crippen MR) is 133 cm³/mol. The first kappa shape index (κ1) is 21.4. The number of fused-ring (bicyclic) bond motifs is 3. The van der Waals surface area contributed by atoms with Gasteiger partial charge in [-0.3, -0.25) is 9.36 Å². The SMILES string of the molecule is O=C(O)c1ccc(C=c2sc3n(c2=O)C(c2ccc(F)cc2)C2=C(N=3)c3ccccc3CC2)cc1. The lowest BCUT2D eigenvalue weighted by Gasteiger charge is -2.30. The molecule has 7 heteroatoms. The first-order valence-electron chi connectivity index (χ1n) is 11.2. The minimum atomic E-state index is -0.999. The second kappa shape index (κ2) is 8.29. The Labute approximate surface area is 203 Å². The number of nitrogens with zero attached hydrogens (tertiary/aromatic N) is 2. The summed E-state index contributed by atoms with van der Waals surface area (Å²) in [6.07, 6.45) is 3.37. The van der Waals surface area contributed by atoms with E-state index in [2.05, 4.69) is 12.1 Å². The predicted octanol–water partition coefficient (Wildman–Crippen LogP) is 4.16. The third-order valence-electron chi connectivity index (χ3n) is 6.51. The van der Waals surface area contributed by atoms with Gasteiger partial charge in [0.1, 0.15) is 5.82 Å². The molecule has 1 aromatic heterocycles. The molecule has 0 amide bonds. The van der Waals surface area contributed by atoms with E-state index in [1.807, 2.05) is 12.1 Å². The number of aromatic nitrogens is 1. The van der Waals surface area contributed by atoms with Crippen LogP contribution in [0.2, 0.25) is 0 Å². The zero-order chi connectivity index (χ0) is 24.1. The maximum Gasteiger partial charge on any atom is 0.335 e. The molecule has 1 aliphatic carbocycles. The van der Waals surface area contributed by atoms with Crippen LogP contribution in [0.3, 0.4) is 0 Å². The highest BCUT2D eigenvalue weighted by Gasteiger charge is 2.32. The third kappa shape index (κ3) is 3.65. The molecular formula is C28H19FN2O3S. The number of thiazole rings is 1. The molecule has 0 spiro atoms. The van der Waals surface area contributed by atoms with Crippen LogP contribution in [0.1, 0.15) is 45.1 Å². The second-order valence-electron chi connectivity index (χ2n) is 8.59. The zero-order valence-corrected chi connectivity index (χ0v) is 19.3. The van der Waals surface area contributed by atoms with Crippen molar-refractivity contribution in [2.24, 2.45) is 4.99 Å². The molecule has 1 unspecified atom stereocenters. The molecular weight excluding hydrogens is 463 g/mol. The molecule has 5 nitrogen and oxygen atoms in total. The Kier molecular flexibility index (Phi) is 5.07. The molecule has 0 saturated carbocycles. The molecule has 4 aromatic rings. The summed E-state index contributed by atoms with van der Waals surface area (Å²) in [5.41, 5.74) is 5.83. The Balaban J connectivity index is 1.57. The number of carboxylic acids is 1. The van der Waals surface area contributed by atoms with Crippen molar-refractivity contribution in [2.75, 3.05) is 0 Å². The maximum atomic E-state index is 13.7. The Morgan fingerprint density at radius 1 is 1.03 bits per heavy atom. The van der Waals surface area contributed by atoms with E-state index in [1.165, 1.54) is 41.2 Å². The first-order valence-corrected chi connectivity index (χ1v) is 12.0. The van der Waals surface area contributed by atoms with E-state index in [4.69, 9.17) is 10.1 Å². The van der Waals surface area contributed by atoms with Gasteiger partial charge in [0.25, 0.3) is 5.56 Å². The third-order valence-corrected chi connectivity index (χ3v) is 7.50. The van der Waals surface area contributed by atoms with Crippen LogP contribution in [0.4, 0.5) is 4.39 Å². The summed E-state index contributed by atoms with van der Waals surface area (Å²) in [6.45, 7) is 0. The summed E-state index contributed by atoms with van der Waals surface area (Å²) >= 11 is 1.30. The van der Waals surface area contributed by atoms with Crippen molar-refractivity contribution in [3.8, 4) is 0 Å². The van der Waals surface area contributed by atoms with Gasteiger partial charge in [-0.15, -0.1) is 0 Å². The van der Waals surface area contributed by atoms with Crippen LogP contribution in [-0.4, -0.2) is 15.6 Å². The molecule has 0 saturated heterocycles. The average Bonchev–Trinajstić information content (AvgIpc) is 3.18. The van der Waals surface area contributed by atoms with Gasteiger partial charge in [-0.05, 0) is 65.4 Å². The van der Waals surface area contributed by atoms with Crippen LogP contribution in [0.25, 0.3) is 11.8 Å². The first-order chi connectivity index (χ1) is 17.0. The highest BCUT2D eigenvalue weighted by molar-refractivity contribution is 7.07. The maximum absolute atomic E-state index is 13.7. The molecule has 2 aliphatic rings. The number of hydrogen-bond donors (Lipinski definition) is 1. The number of carboxylic acid groups (broad SMARTS) is 1. The fraction of sp³-hybridized carbons (Fsp3) is 0.107. The van der Waals surface area contributed by atoms with E-state index in [0.29, 0.717) is 9.33 Å². The van der Waals surface area contributed by atoms with E-state index in [-0.39, 0.29) is 23.0 Å². The van der Waals surface area contributed by atoms with Crippen LogP contribution in [0.5, 0.6) is 0 Å². The molecule has 0 radical (unpaired) electrons. The molecule has 172 valence electrons. The van der Waals surface area contributed by atoms with Gasteiger partial charge in [0.05, 0.1) is 21.8 Å². The van der Waals surface area contributed by atoms with E-state index in [0.717, 1.165) is 40.8 Å². The second-order valence-corrected chi connectivity index (χ2v) is 9.60. The number of rotatable bonds is 3. The van der Waals surface area contributed by atoms with Crippen molar-refractivity contribution in [3.05, 3.63) is 132 Å². The zero-order valence-electron chi connectivity index (χ0n) is 18.4. The normalized spacial score (nSPS) is 16.8. The van der Waals surface area contributed by atoms with Crippen LogP contribution in [-0.2, 0) is 6.42 Å². The summed E-state index contributed by atoms with van der Waals surface area (Å²) in [7, 11) is 0. The number of aryl methyl sites for hydroxylation is 1. The number of aromatic carboxylic acids is 1. The van der Waals surface area contributed by atoms with Gasteiger partial charge < -0.3 is 5.11 Å². The smallest absolute Gasteiger partial charge is 0.335 e. The van der Waals surface area contributed by atoms with Crippen molar-refractivity contribution in [3.63, 3.8) is 0 Å². The summed E-state index contributed by atoms with van der Waals surface area (Å²) in [6, 6.07) is 20.5. The van der Waals surface area contributed by atoms with E-state index in [9.17, 15) is 14.0 Å². The lowest BCUT2D eigenvalue weighted by molar-refractivity contribution is 0.0697.